The maximum Gasteiger partial charge on any atom is 0.397 e. The number of hydrogen-bond donors (Lipinski definition) is 1. The van der Waals surface area contributed by atoms with Gasteiger partial charge in [0.1, 0.15) is 12.2 Å². The molecule has 0 bridgehead atoms. The Morgan fingerprint density at radius 3 is 2.88 bits per heavy atom. The van der Waals surface area contributed by atoms with Crippen molar-refractivity contribution in [2.75, 3.05) is 13.1 Å². The number of likely N-dealkylation sites (tertiary alicyclic amines) is 1. The van der Waals surface area contributed by atoms with Gasteiger partial charge in [-0.3, -0.25) is 9.20 Å². The third-order valence-corrected chi connectivity index (χ3v) is 5.08. The Morgan fingerprint density at radius 1 is 1.35 bits per heavy atom. The highest BCUT2D eigenvalue weighted by atomic mass is 19.4. The third kappa shape index (κ3) is 2.91. The van der Waals surface area contributed by atoms with E-state index in [1.54, 1.807) is 18.6 Å². The van der Waals surface area contributed by atoms with E-state index in [4.69, 9.17) is 0 Å². The Kier molecular flexibility index (Phi) is 3.89. The van der Waals surface area contributed by atoms with Gasteiger partial charge in [-0.1, -0.05) is 6.92 Å². The number of aromatic nitrogens is 4. The topological polar surface area (TPSA) is 66.3 Å². The summed E-state index contributed by atoms with van der Waals surface area (Å²) >= 11 is 0. The average Bonchev–Trinajstić information content (AvgIpc) is 3.19. The second kappa shape index (κ2) is 6.00. The molecule has 3 aromatic rings. The summed E-state index contributed by atoms with van der Waals surface area (Å²) in [5, 5.41) is 0. The average molecular weight is 365 g/mol. The molecule has 1 aliphatic heterocycles. The lowest BCUT2D eigenvalue weighted by molar-refractivity contribution is -0.162. The van der Waals surface area contributed by atoms with Crippen LogP contribution in [-0.2, 0) is 4.79 Å². The number of imidazole rings is 1. The summed E-state index contributed by atoms with van der Waals surface area (Å²) in [6, 6.07) is 1.89. The fraction of sp³-hybridized carbons (Fsp3) is 0.471. The van der Waals surface area contributed by atoms with E-state index in [1.807, 2.05) is 17.4 Å². The van der Waals surface area contributed by atoms with Crippen molar-refractivity contribution in [2.45, 2.75) is 31.9 Å². The third-order valence-electron chi connectivity index (χ3n) is 5.08. The fourth-order valence-corrected chi connectivity index (χ4v) is 3.68. The van der Waals surface area contributed by atoms with Gasteiger partial charge in [0.25, 0.3) is 0 Å². The summed E-state index contributed by atoms with van der Waals surface area (Å²) in [5.74, 6) is -0.0469. The summed E-state index contributed by atoms with van der Waals surface area (Å²) in [7, 11) is 0. The Balaban J connectivity index is 1.69. The molecule has 1 saturated heterocycles. The monoisotopic (exact) mass is 365 g/mol. The number of carbonyl (C=O) groups is 1. The molecule has 9 heteroatoms. The highest BCUT2D eigenvalue weighted by Crippen LogP contribution is 2.34. The molecule has 0 aromatic carbocycles. The van der Waals surface area contributed by atoms with Crippen LogP contribution in [0, 0.1) is 5.92 Å². The molecular formula is C17H18F3N5O. The van der Waals surface area contributed by atoms with Crippen LogP contribution in [-0.4, -0.2) is 49.4 Å². The SMILES string of the molecule is C[C@@H]1CCN(C(=O)CC(F)(F)F)CC1c1ncc2cnc3[nH]ccc3n12. The molecule has 3 aromatic heterocycles. The molecule has 6 nitrogen and oxygen atoms in total. The van der Waals surface area contributed by atoms with Crippen molar-refractivity contribution in [2.24, 2.45) is 5.92 Å². The first kappa shape index (κ1) is 16.9. The maximum atomic E-state index is 12.6. The molecule has 0 spiro atoms. The van der Waals surface area contributed by atoms with Crippen LogP contribution >= 0.6 is 0 Å². The molecule has 1 fully saturated rings. The van der Waals surface area contributed by atoms with E-state index >= 15 is 0 Å². The van der Waals surface area contributed by atoms with Gasteiger partial charge >= 0.3 is 6.18 Å². The number of hydrogen-bond acceptors (Lipinski definition) is 3. The zero-order chi connectivity index (χ0) is 18.5. The van der Waals surface area contributed by atoms with Crippen molar-refractivity contribution in [1.82, 2.24) is 24.3 Å². The maximum absolute atomic E-state index is 12.6. The molecule has 4 rings (SSSR count). The highest BCUT2D eigenvalue weighted by molar-refractivity contribution is 5.77. The van der Waals surface area contributed by atoms with E-state index < -0.39 is 18.5 Å². The summed E-state index contributed by atoms with van der Waals surface area (Å²) < 4.78 is 39.7. The minimum absolute atomic E-state index is 0.135. The standard InChI is InChI=1S/C17H18F3N5O/c1-10-3-5-24(14(26)6-17(18,19)20)9-12(10)16-23-8-11-7-22-15-13(25(11)16)2-4-21-15/h2,4,7-8,10,12,21H,3,5-6,9H2,1H3/t10-,12?/m1/s1. The number of alkyl halides is 3. The second-order valence-electron chi connectivity index (χ2n) is 6.85. The van der Waals surface area contributed by atoms with Gasteiger partial charge < -0.3 is 9.88 Å². The van der Waals surface area contributed by atoms with Gasteiger partial charge in [-0.05, 0) is 18.4 Å². The van der Waals surface area contributed by atoms with Gasteiger partial charge in [0.15, 0.2) is 5.65 Å². The number of amides is 1. The molecule has 2 atom stereocenters. The van der Waals surface area contributed by atoms with Crippen LogP contribution in [0.2, 0.25) is 0 Å². The number of piperidine rings is 1. The highest BCUT2D eigenvalue weighted by Gasteiger charge is 2.37. The predicted molar refractivity (Wildman–Crippen MR) is 88.6 cm³/mol. The summed E-state index contributed by atoms with van der Waals surface area (Å²) in [6.07, 6.45) is -0.0662. The number of rotatable bonds is 2. The number of halogens is 3. The molecule has 138 valence electrons. The van der Waals surface area contributed by atoms with Crippen molar-refractivity contribution >= 4 is 22.6 Å². The van der Waals surface area contributed by atoms with Gasteiger partial charge in [-0.25, -0.2) is 9.97 Å². The van der Waals surface area contributed by atoms with Crippen LogP contribution in [0.5, 0.6) is 0 Å². The first-order valence-electron chi connectivity index (χ1n) is 8.47. The largest absolute Gasteiger partial charge is 0.397 e. The second-order valence-corrected chi connectivity index (χ2v) is 6.85. The Labute approximate surface area is 147 Å². The summed E-state index contributed by atoms with van der Waals surface area (Å²) in [6.45, 7) is 2.63. The number of fused-ring (bicyclic) bond motifs is 3. The van der Waals surface area contributed by atoms with Gasteiger partial charge in [0, 0.05) is 25.2 Å². The van der Waals surface area contributed by atoms with Crippen LogP contribution < -0.4 is 0 Å². The molecular weight excluding hydrogens is 347 g/mol. The number of nitrogens with zero attached hydrogens (tertiary/aromatic N) is 4. The minimum atomic E-state index is -4.49. The van der Waals surface area contributed by atoms with Gasteiger partial charge in [0.05, 0.1) is 23.4 Å². The minimum Gasteiger partial charge on any atom is -0.345 e. The Hall–Kier alpha value is -2.58. The van der Waals surface area contributed by atoms with Crippen LogP contribution in [0.3, 0.4) is 0 Å². The van der Waals surface area contributed by atoms with Crippen LogP contribution in [0.15, 0.2) is 24.7 Å². The van der Waals surface area contributed by atoms with E-state index in [2.05, 4.69) is 15.0 Å². The molecule has 0 radical (unpaired) electrons. The van der Waals surface area contributed by atoms with Crippen molar-refractivity contribution < 1.29 is 18.0 Å². The number of nitrogens with one attached hydrogen (secondary N) is 1. The van der Waals surface area contributed by atoms with Crippen LogP contribution in [0.25, 0.3) is 16.7 Å². The molecule has 26 heavy (non-hydrogen) atoms. The van der Waals surface area contributed by atoms with Gasteiger partial charge in [-0.15, -0.1) is 0 Å². The fourth-order valence-electron chi connectivity index (χ4n) is 3.68. The molecule has 0 saturated carbocycles. The van der Waals surface area contributed by atoms with E-state index in [0.29, 0.717) is 18.6 Å². The van der Waals surface area contributed by atoms with Crippen LogP contribution in [0.4, 0.5) is 13.2 Å². The zero-order valence-electron chi connectivity index (χ0n) is 14.1. The molecule has 1 N–H and O–H groups in total. The zero-order valence-corrected chi connectivity index (χ0v) is 14.1. The predicted octanol–water partition coefficient (Wildman–Crippen LogP) is 3.12. The first-order valence-corrected chi connectivity index (χ1v) is 8.47. The number of aromatic amines is 1. The van der Waals surface area contributed by atoms with Crippen molar-refractivity contribution in [1.29, 1.82) is 0 Å². The van der Waals surface area contributed by atoms with Crippen molar-refractivity contribution in [3.63, 3.8) is 0 Å². The quantitative estimate of drug-likeness (QED) is 0.759. The van der Waals surface area contributed by atoms with Crippen LogP contribution in [0.1, 0.15) is 31.5 Å². The smallest absolute Gasteiger partial charge is 0.345 e. The van der Waals surface area contributed by atoms with E-state index in [1.165, 1.54) is 4.90 Å². The molecule has 1 unspecified atom stereocenters. The first-order chi connectivity index (χ1) is 12.3. The molecule has 0 aliphatic carbocycles. The number of carbonyl (C=O) groups excluding carboxylic acids is 1. The summed E-state index contributed by atoms with van der Waals surface area (Å²) in [4.78, 5) is 25.2. The van der Waals surface area contributed by atoms with Gasteiger partial charge in [0.2, 0.25) is 5.91 Å². The lowest BCUT2D eigenvalue weighted by Gasteiger charge is -2.36. The number of H-pyrrole nitrogens is 1. The molecule has 4 heterocycles. The molecule has 1 amide bonds. The van der Waals surface area contributed by atoms with E-state index in [0.717, 1.165) is 16.9 Å². The molecule has 1 aliphatic rings. The normalized spacial score (nSPS) is 21.6. The Bertz CT molecular complexity index is 960. The van der Waals surface area contributed by atoms with Crippen molar-refractivity contribution in [3.05, 3.63) is 30.5 Å². The lowest BCUT2D eigenvalue weighted by atomic mass is 9.86. The van der Waals surface area contributed by atoms with Crippen molar-refractivity contribution in [3.8, 4) is 0 Å². The Morgan fingerprint density at radius 2 is 2.12 bits per heavy atom. The van der Waals surface area contributed by atoms with E-state index in [9.17, 15) is 18.0 Å². The van der Waals surface area contributed by atoms with E-state index in [-0.39, 0.29) is 18.4 Å². The summed E-state index contributed by atoms with van der Waals surface area (Å²) in [5.41, 5.74) is 2.39. The lowest BCUT2D eigenvalue weighted by Crippen LogP contribution is -2.44. The van der Waals surface area contributed by atoms with Gasteiger partial charge in [-0.2, -0.15) is 13.2 Å².